The van der Waals surface area contributed by atoms with Gasteiger partial charge in [0.25, 0.3) is 0 Å². The van der Waals surface area contributed by atoms with Crippen LogP contribution in [0.15, 0.2) is 11.6 Å². The highest BCUT2D eigenvalue weighted by Gasteiger charge is 2.65. The molecule has 14 heteroatoms. The number of carbonyl (C=O) groups is 7. The van der Waals surface area contributed by atoms with E-state index >= 15 is 0 Å². The topological polar surface area (TPSA) is 184 Å². The number of hydrogen-bond donors (Lipinski definition) is 0. The molecule has 3 saturated carbocycles. The summed E-state index contributed by atoms with van der Waals surface area (Å²) in [5.74, 6) is -4.41. The van der Waals surface area contributed by atoms with Gasteiger partial charge < -0.3 is 33.2 Å². The predicted molar refractivity (Wildman–Crippen MR) is 169 cm³/mol. The van der Waals surface area contributed by atoms with Crippen molar-refractivity contribution in [1.29, 1.82) is 0 Å². The molecule has 5 aliphatic rings. The van der Waals surface area contributed by atoms with Crippen LogP contribution in [0.3, 0.4) is 0 Å². The minimum absolute atomic E-state index is 0.0610. The van der Waals surface area contributed by atoms with E-state index in [1.165, 1.54) is 6.92 Å². The van der Waals surface area contributed by atoms with Gasteiger partial charge >= 0.3 is 29.8 Å². The third-order valence-corrected chi connectivity index (χ3v) is 11.8. The summed E-state index contributed by atoms with van der Waals surface area (Å²) in [6, 6.07) is 0. The summed E-state index contributed by atoms with van der Waals surface area (Å²) >= 11 is 0. The van der Waals surface area contributed by atoms with Gasteiger partial charge in [-0.05, 0) is 73.2 Å². The van der Waals surface area contributed by atoms with Crippen LogP contribution in [-0.4, -0.2) is 91.9 Å². The van der Waals surface area contributed by atoms with Gasteiger partial charge in [0, 0.05) is 40.0 Å². The first-order valence-electron chi connectivity index (χ1n) is 17.3. The fraction of sp³-hybridized carbons (Fsp3) is 0.750. The fourth-order valence-electron chi connectivity index (χ4n) is 9.94. The number of hydrogen-bond acceptors (Lipinski definition) is 14. The average Bonchev–Trinajstić information content (AvgIpc) is 3.38. The van der Waals surface area contributed by atoms with Crippen molar-refractivity contribution in [2.75, 3.05) is 13.7 Å². The molecular weight excluding hydrogens is 656 g/mol. The number of Topliss-reactive ketones (excluding diaryl/α,β-unsaturated/α-hetero) is 1. The first kappa shape index (κ1) is 37.6. The molecule has 12 atom stereocenters. The molecule has 0 aromatic carbocycles. The van der Waals surface area contributed by atoms with Gasteiger partial charge in [0.1, 0.15) is 6.61 Å². The molecule has 0 N–H and O–H groups in total. The second kappa shape index (κ2) is 14.5. The molecule has 4 fully saturated rings. The lowest BCUT2D eigenvalue weighted by molar-refractivity contribution is -0.324. The fourth-order valence-corrected chi connectivity index (χ4v) is 9.94. The number of allylic oxidation sites excluding steroid dienone is 1. The lowest BCUT2D eigenvalue weighted by Gasteiger charge is -2.61. The molecule has 0 bridgehead atoms. The van der Waals surface area contributed by atoms with Gasteiger partial charge in [-0.2, -0.15) is 0 Å². The molecule has 0 aromatic rings. The summed E-state index contributed by atoms with van der Waals surface area (Å²) in [4.78, 5) is 88.0. The number of carbonyl (C=O) groups excluding carboxylic acids is 7. The highest BCUT2D eigenvalue weighted by Crippen LogP contribution is 2.67. The monoisotopic (exact) mass is 704 g/mol. The van der Waals surface area contributed by atoms with Gasteiger partial charge in [-0.25, -0.2) is 4.79 Å². The van der Waals surface area contributed by atoms with Crippen molar-refractivity contribution in [2.45, 2.75) is 123 Å². The Hall–Kier alpha value is -3.65. The van der Waals surface area contributed by atoms with Gasteiger partial charge in [0.05, 0.1) is 13.2 Å². The van der Waals surface area contributed by atoms with Crippen molar-refractivity contribution < 1.29 is 66.7 Å². The average molecular weight is 705 g/mol. The molecule has 1 aliphatic heterocycles. The lowest BCUT2D eigenvalue weighted by atomic mass is 9.45. The van der Waals surface area contributed by atoms with Gasteiger partial charge in [-0.1, -0.05) is 19.4 Å². The van der Waals surface area contributed by atoms with Crippen LogP contribution < -0.4 is 0 Å². The normalized spacial score (nSPS) is 39.0. The Labute approximate surface area is 291 Å². The molecular formula is C36H48O14. The van der Waals surface area contributed by atoms with Crippen LogP contribution in [0.2, 0.25) is 0 Å². The van der Waals surface area contributed by atoms with Gasteiger partial charge in [0.15, 0.2) is 42.3 Å². The molecule has 0 spiro atoms. The van der Waals surface area contributed by atoms with Crippen molar-refractivity contribution in [3.05, 3.63) is 11.6 Å². The van der Waals surface area contributed by atoms with E-state index in [2.05, 4.69) is 13.8 Å². The van der Waals surface area contributed by atoms with E-state index in [1.54, 1.807) is 6.08 Å². The first-order chi connectivity index (χ1) is 23.5. The van der Waals surface area contributed by atoms with Crippen LogP contribution in [0, 0.1) is 34.5 Å². The smallest absolute Gasteiger partial charge is 0.339 e. The van der Waals surface area contributed by atoms with E-state index in [0.717, 1.165) is 46.3 Å². The Morgan fingerprint density at radius 2 is 1.48 bits per heavy atom. The van der Waals surface area contributed by atoms with E-state index < -0.39 is 83.4 Å². The summed E-state index contributed by atoms with van der Waals surface area (Å²) in [7, 11) is 1.12. The second-order valence-corrected chi connectivity index (χ2v) is 14.8. The molecule has 0 unspecified atom stereocenters. The van der Waals surface area contributed by atoms with Gasteiger partial charge in [-0.15, -0.1) is 0 Å². The summed E-state index contributed by atoms with van der Waals surface area (Å²) in [5.41, 5.74) is -0.00601. The van der Waals surface area contributed by atoms with Crippen LogP contribution in [0.5, 0.6) is 0 Å². The van der Waals surface area contributed by atoms with E-state index in [1.807, 2.05) is 0 Å². The number of methoxy groups -OCH3 is 1. The molecule has 1 heterocycles. The SMILES string of the molecule is COC(=O)[C@H]1O[C@@H](O[C@@H]2C[C@]3(C)[C@H](CC[C@H]3C(=O)COC(C)=O)[C@H]3CCC4=CC(=O)CC[C@]4(C)[C@@H]32)[C@H](OC(C)=O)[C@@H](OC(C)=O)[C@@H]1OC(C)=O. The molecule has 14 nitrogen and oxygen atoms in total. The predicted octanol–water partition coefficient (Wildman–Crippen LogP) is 2.95. The third kappa shape index (κ3) is 7.10. The minimum atomic E-state index is -1.62. The van der Waals surface area contributed by atoms with E-state index in [-0.39, 0.29) is 35.9 Å². The quantitative estimate of drug-likeness (QED) is 0.252. The Morgan fingerprint density at radius 3 is 2.10 bits per heavy atom. The number of ether oxygens (including phenoxy) is 7. The molecule has 4 aliphatic carbocycles. The standard InChI is InChI=1S/C36H48O14/c1-17(37)45-16-26(42)25-11-10-24-23-9-8-21-14-22(41)12-13-35(21,5)28(23)27(15-36(24,25)6)49-34-32(48-20(4)40)30(47-19(3)39)29(46-18(2)38)31(50-34)33(43)44-7/h14,23-25,27-32,34H,8-13,15-16H2,1-7H3/t23-,24-,25+,27-,28+,29+,30+,31+,32-,34-,35+,36-/m1/s1. The summed E-state index contributed by atoms with van der Waals surface area (Å²) in [6.07, 6.45) is -2.43. The number of rotatable bonds is 9. The lowest BCUT2D eigenvalue weighted by Crippen LogP contribution is -2.65. The van der Waals surface area contributed by atoms with Crippen molar-refractivity contribution in [1.82, 2.24) is 0 Å². The Kier molecular flexibility index (Phi) is 10.9. The van der Waals surface area contributed by atoms with Crippen LogP contribution in [0.1, 0.15) is 86.5 Å². The highest BCUT2D eigenvalue weighted by atomic mass is 16.7. The van der Waals surface area contributed by atoms with Crippen molar-refractivity contribution in [3.63, 3.8) is 0 Å². The number of esters is 5. The van der Waals surface area contributed by atoms with Crippen molar-refractivity contribution in [3.8, 4) is 0 Å². The summed E-state index contributed by atoms with van der Waals surface area (Å²) in [5, 5.41) is 0. The largest absolute Gasteiger partial charge is 0.467 e. The van der Waals surface area contributed by atoms with Crippen LogP contribution >= 0.6 is 0 Å². The second-order valence-electron chi connectivity index (χ2n) is 14.8. The zero-order chi connectivity index (χ0) is 36.7. The van der Waals surface area contributed by atoms with Crippen molar-refractivity contribution >= 4 is 41.4 Å². The van der Waals surface area contributed by atoms with Gasteiger partial charge in [-0.3, -0.25) is 28.8 Å². The van der Waals surface area contributed by atoms with E-state index in [0.29, 0.717) is 32.1 Å². The molecule has 5 rings (SSSR count). The summed E-state index contributed by atoms with van der Waals surface area (Å²) < 4.78 is 39.9. The maximum atomic E-state index is 13.6. The molecule has 1 saturated heterocycles. The Morgan fingerprint density at radius 1 is 0.840 bits per heavy atom. The van der Waals surface area contributed by atoms with Crippen LogP contribution in [0.25, 0.3) is 0 Å². The molecule has 0 amide bonds. The molecule has 50 heavy (non-hydrogen) atoms. The van der Waals surface area contributed by atoms with E-state index in [4.69, 9.17) is 33.2 Å². The molecule has 0 radical (unpaired) electrons. The van der Waals surface area contributed by atoms with Crippen LogP contribution in [-0.2, 0) is 66.7 Å². The Bertz CT molecular complexity index is 1450. The third-order valence-electron chi connectivity index (χ3n) is 11.8. The number of ketones is 2. The molecule has 0 aromatic heterocycles. The maximum absolute atomic E-state index is 13.6. The van der Waals surface area contributed by atoms with E-state index in [9.17, 15) is 33.6 Å². The zero-order valence-electron chi connectivity index (χ0n) is 29.7. The zero-order valence-corrected chi connectivity index (χ0v) is 29.7. The number of fused-ring (bicyclic) bond motifs is 5. The first-order valence-corrected chi connectivity index (χ1v) is 17.3. The Balaban J connectivity index is 1.59. The maximum Gasteiger partial charge on any atom is 0.339 e. The molecule has 276 valence electrons. The summed E-state index contributed by atoms with van der Waals surface area (Å²) in [6.45, 7) is 8.49. The minimum Gasteiger partial charge on any atom is -0.467 e. The highest BCUT2D eigenvalue weighted by molar-refractivity contribution is 5.91. The van der Waals surface area contributed by atoms with Gasteiger partial charge in [0.2, 0.25) is 0 Å². The van der Waals surface area contributed by atoms with Crippen molar-refractivity contribution in [2.24, 2.45) is 34.5 Å². The van der Waals surface area contributed by atoms with Crippen LogP contribution in [0.4, 0.5) is 0 Å².